The standard InChI is InChI=1S/C23H27N5OS/c1-27-21-10-6-5-9-19(21)20(22(27)18-7-3-2-4-8-18)17-25-26-23(30)24-11-12-28-13-15-29-16-14-28/h2-10,17H,11-16H2,1H3,(H2,24,26,30)/b25-17+. The maximum atomic E-state index is 5.38. The number of fused-ring (bicyclic) bond motifs is 1. The molecule has 0 radical (unpaired) electrons. The van der Waals surface area contributed by atoms with Gasteiger partial charge in [-0.15, -0.1) is 0 Å². The van der Waals surface area contributed by atoms with Gasteiger partial charge in [0.25, 0.3) is 0 Å². The number of rotatable bonds is 6. The van der Waals surface area contributed by atoms with E-state index < -0.39 is 0 Å². The first-order valence-electron chi connectivity index (χ1n) is 10.2. The van der Waals surface area contributed by atoms with Crippen molar-refractivity contribution >= 4 is 34.4 Å². The van der Waals surface area contributed by atoms with E-state index in [9.17, 15) is 0 Å². The first kappa shape index (κ1) is 20.5. The highest BCUT2D eigenvalue weighted by Gasteiger charge is 2.15. The fourth-order valence-corrected chi connectivity index (χ4v) is 4.00. The number of benzene rings is 2. The lowest BCUT2D eigenvalue weighted by atomic mass is 10.1. The average Bonchev–Trinajstić information content (AvgIpc) is 3.07. The minimum atomic E-state index is 0.529. The molecule has 0 bridgehead atoms. The second-order valence-corrected chi connectivity index (χ2v) is 7.69. The summed E-state index contributed by atoms with van der Waals surface area (Å²) >= 11 is 5.38. The van der Waals surface area contributed by atoms with Crippen LogP contribution in [-0.4, -0.2) is 60.2 Å². The Morgan fingerprint density at radius 3 is 2.63 bits per heavy atom. The second-order valence-electron chi connectivity index (χ2n) is 7.28. The lowest BCUT2D eigenvalue weighted by Gasteiger charge is -2.26. The van der Waals surface area contributed by atoms with Gasteiger partial charge in [0.05, 0.1) is 25.1 Å². The van der Waals surface area contributed by atoms with Gasteiger partial charge in [0.15, 0.2) is 5.11 Å². The molecule has 2 aromatic carbocycles. The molecule has 7 heteroatoms. The zero-order valence-corrected chi connectivity index (χ0v) is 18.0. The Hall–Kier alpha value is -2.74. The molecule has 1 aliphatic heterocycles. The van der Waals surface area contributed by atoms with Crippen molar-refractivity contribution in [1.29, 1.82) is 0 Å². The number of thiocarbonyl (C=S) groups is 1. The van der Waals surface area contributed by atoms with Crippen LogP contribution in [0.15, 0.2) is 59.7 Å². The van der Waals surface area contributed by atoms with Gasteiger partial charge < -0.3 is 14.6 Å². The fraction of sp³-hybridized carbons (Fsp3) is 0.304. The summed E-state index contributed by atoms with van der Waals surface area (Å²) < 4.78 is 7.59. The van der Waals surface area contributed by atoms with Crippen LogP contribution in [0.4, 0.5) is 0 Å². The predicted octanol–water partition coefficient (Wildman–Crippen LogP) is 2.98. The van der Waals surface area contributed by atoms with Gasteiger partial charge >= 0.3 is 0 Å². The van der Waals surface area contributed by atoms with E-state index in [2.05, 4.69) is 80.9 Å². The SMILES string of the molecule is Cn1c(-c2ccccc2)c(/C=N/NC(=S)NCCN2CCOCC2)c2ccccc21. The molecule has 3 aromatic rings. The molecule has 30 heavy (non-hydrogen) atoms. The van der Waals surface area contributed by atoms with Crippen LogP contribution in [-0.2, 0) is 11.8 Å². The molecular formula is C23H27N5OS. The summed E-state index contributed by atoms with van der Waals surface area (Å²) in [5, 5.41) is 9.35. The van der Waals surface area contributed by atoms with Crippen LogP contribution in [0.25, 0.3) is 22.2 Å². The maximum absolute atomic E-state index is 5.38. The molecule has 2 N–H and O–H groups in total. The number of morpholine rings is 1. The zero-order chi connectivity index (χ0) is 20.8. The molecule has 0 unspecified atom stereocenters. The lowest BCUT2D eigenvalue weighted by molar-refractivity contribution is 0.0389. The number of aryl methyl sites for hydroxylation is 1. The molecule has 1 fully saturated rings. The summed E-state index contributed by atoms with van der Waals surface area (Å²) in [5.41, 5.74) is 7.49. The first-order valence-corrected chi connectivity index (χ1v) is 10.6. The Labute approximate surface area is 182 Å². The van der Waals surface area contributed by atoms with Crippen LogP contribution in [0.2, 0.25) is 0 Å². The van der Waals surface area contributed by atoms with Crippen LogP contribution in [0.1, 0.15) is 5.56 Å². The van der Waals surface area contributed by atoms with E-state index in [0.717, 1.165) is 61.6 Å². The van der Waals surface area contributed by atoms with Gasteiger partial charge in [-0.1, -0.05) is 48.5 Å². The third kappa shape index (κ3) is 4.70. The fourth-order valence-electron chi connectivity index (χ4n) is 3.85. The Balaban J connectivity index is 1.45. The van der Waals surface area contributed by atoms with Crippen LogP contribution in [0.3, 0.4) is 0 Å². The summed E-state index contributed by atoms with van der Waals surface area (Å²) in [7, 11) is 2.09. The van der Waals surface area contributed by atoms with Gasteiger partial charge in [-0.3, -0.25) is 10.3 Å². The molecule has 4 rings (SSSR count). The molecule has 156 valence electrons. The first-order chi connectivity index (χ1) is 14.7. The molecule has 1 aromatic heterocycles. The van der Waals surface area contributed by atoms with Crippen molar-refractivity contribution in [3.05, 3.63) is 60.2 Å². The van der Waals surface area contributed by atoms with E-state index in [-0.39, 0.29) is 0 Å². The highest BCUT2D eigenvalue weighted by molar-refractivity contribution is 7.80. The van der Waals surface area contributed by atoms with Crippen molar-refractivity contribution in [2.45, 2.75) is 0 Å². The van der Waals surface area contributed by atoms with Crippen LogP contribution < -0.4 is 10.7 Å². The number of hydrogen-bond acceptors (Lipinski definition) is 4. The summed E-state index contributed by atoms with van der Waals surface area (Å²) in [6.45, 7) is 5.29. The molecule has 1 aliphatic rings. The van der Waals surface area contributed by atoms with Gasteiger partial charge in [-0.05, 0) is 23.8 Å². The number of nitrogens with one attached hydrogen (secondary N) is 2. The topological polar surface area (TPSA) is 53.8 Å². The quantitative estimate of drug-likeness (QED) is 0.364. The predicted molar refractivity (Wildman–Crippen MR) is 127 cm³/mol. The minimum Gasteiger partial charge on any atom is -0.379 e. The third-order valence-electron chi connectivity index (χ3n) is 5.37. The Morgan fingerprint density at radius 2 is 1.83 bits per heavy atom. The molecular weight excluding hydrogens is 394 g/mol. The highest BCUT2D eigenvalue weighted by atomic mass is 32.1. The van der Waals surface area contributed by atoms with Gasteiger partial charge in [0, 0.05) is 49.7 Å². The number of para-hydroxylation sites is 1. The Kier molecular flexibility index (Phi) is 6.74. The molecule has 2 heterocycles. The molecule has 0 saturated carbocycles. The van der Waals surface area contributed by atoms with Gasteiger partial charge in [0.1, 0.15) is 0 Å². The van der Waals surface area contributed by atoms with Crippen LogP contribution >= 0.6 is 12.2 Å². The molecule has 1 saturated heterocycles. The average molecular weight is 422 g/mol. The van der Waals surface area contributed by atoms with Crippen molar-refractivity contribution in [1.82, 2.24) is 20.2 Å². The van der Waals surface area contributed by atoms with E-state index in [1.54, 1.807) is 0 Å². The minimum absolute atomic E-state index is 0.529. The van der Waals surface area contributed by atoms with E-state index in [0.29, 0.717) is 5.11 Å². The van der Waals surface area contributed by atoms with E-state index in [1.165, 1.54) is 5.52 Å². The van der Waals surface area contributed by atoms with Crippen molar-refractivity contribution in [2.75, 3.05) is 39.4 Å². The molecule has 0 amide bonds. The van der Waals surface area contributed by atoms with Crippen molar-refractivity contribution in [3.63, 3.8) is 0 Å². The monoisotopic (exact) mass is 421 g/mol. The summed E-state index contributed by atoms with van der Waals surface area (Å²) in [6, 6.07) is 18.8. The third-order valence-corrected chi connectivity index (χ3v) is 5.61. The van der Waals surface area contributed by atoms with E-state index in [1.807, 2.05) is 12.3 Å². The number of aromatic nitrogens is 1. The van der Waals surface area contributed by atoms with Crippen LogP contribution in [0, 0.1) is 0 Å². The summed E-state index contributed by atoms with van der Waals surface area (Å²) in [6.07, 6.45) is 1.86. The number of nitrogens with zero attached hydrogens (tertiary/aromatic N) is 3. The number of hydrazone groups is 1. The summed E-state index contributed by atoms with van der Waals surface area (Å²) in [5.74, 6) is 0. The smallest absolute Gasteiger partial charge is 0.187 e. The molecule has 0 spiro atoms. The highest BCUT2D eigenvalue weighted by Crippen LogP contribution is 2.31. The Bertz CT molecular complexity index is 1020. The van der Waals surface area contributed by atoms with Crippen molar-refractivity contribution in [2.24, 2.45) is 12.1 Å². The van der Waals surface area contributed by atoms with Crippen molar-refractivity contribution in [3.8, 4) is 11.3 Å². The lowest BCUT2D eigenvalue weighted by Crippen LogP contribution is -2.42. The van der Waals surface area contributed by atoms with Gasteiger partial charge in [0.2, 0.25) is 0 Å². The molecule has 6 nitrogen and oxygen atoms in total. The van der Waals surface area contributed by atoms with E-state index in [4.69, 9.17) is 17.0 Å². The van der Waals surface area contributed by atoms with Crippen molar-refractivity contribution < 1.29 is 4.74 Å². The largest absolute Gasteiger partial charge is 0.379 e. The number of ether oxygens (including phenoxy) is 1. The van der Waals surface area contributed by atoms with Gasteiger partial charge in [-0.2, -0.15) is 5.10 Å². The molecule has 0 atom stereocenters. The zero-order valence-electron chi connectivity index (χ0n) is 17.2. The second kappa shape index (κ2) is 9.84. The Morgan fingerprint density at radius 1 is 1.10 bits per heavy atom. The maximum Gasteiger partial charge on any atom is 0.187 e. The van der Waals surface area contributed by atoms with E-state index >= 15 is 0 Å². The summed E-state index contributed by atoms with van der Waals surface area (Å²) in [4.78, 5) is 2.37. The number of hydrogen-bond donors (Lipinski definition) is 2. The molecule has 0 aliphatic carbocycles. The van der Waals surface area contributed by atoms with Gasteiger partial charge in [-0.25, -0.2) is 0 Å². The van der Waals surface area contributed by atoms with Crippen LogP contribution in [0.5, 0.6) is 0 Å². The normalized spacial score (nSPS) is 15.0.